The molecule has 2 heterocycles. The van der Waals surface area contributed by atoms with Crippen LogP contribution in [0.1, 0.15) is 5.56 Å². The first-order valence-corrected chi connectivity index (χ1v) is 11.7. The molecular formula is C21H18IN3OS. The predicted octanol–water partition coefficient (Wildman–Crippen LogP) is 6.12. The van der Waals surface area contributed by atoms with Crippen molar-refractivity contribution < 1.29 is 4.74 Å². The number of benzene rings is 2. The summed E-state index contributed by atoms with van der Waals surface area (Å²) in [7, 11) is 3.30. The number of hydrogen-bond acceptors (Lipinski definition) is 4. The third kappa shape index (κ3) is 3.39. The zero-order valence-electron chi connectivity index (χ0n) is 14.9. The summed E-state index contributed by atoms with van der Waals surface area (Å²) in [6.45, 7) is 2.09. The fourth-order valence-corrected chi connectivity index (χ4v) is 4.51. The summed E-state index contributed by atoms with van der Waals surface area (Å²) < 4.78 is 7.70. The number of hydrogen-bond donors (Lipinski definition) is 1. The van der Waals surface area contributed by atoms with Gasteiger partial charge < -0.3 is 10.5 Å². The van der Waals surface area contributed by atoms with E-state index in [0.29, 0.717) is 0 Å². The maximum Gasteiger partial charge on any atom is 0.151 e. The first kappa shape index (κ1) is 18.2. The minimum Gasteiger partial charge on any atom is -0.496 e. The van der Waals surface area contributed by atoms with Crippen LogP contribution in [-0.2, 0) is 0 Å². The van der Waals surface area contributed by atoms with Crippen molar-refractivity contribution in [2.24, 2.45) is 0 Å². The van der Waals surface area contributed by atoms with E-state index in [9.17, 15) is 0 Å². The molecule has 0 saturated carbocycles. The second kappa shape index (κ2) is 7.44. The van der Waals surface area contributed by atoms with Crippen LogP contribution in [0.5, 0.6) is 5.75 Å². The number of anilines is 1. The number of aromatic nitrogens is 2. The van der Waals surface area contributed by atoms with Crippen molar-refractivity contribution in [2.75, 3.05) is 12.8 Å². The Morgan fingerprint density at radius 1 is 1.07 bits per heavy atom. The van der Waals surface area contributed by atoms with E-state index >= 15 is 0 Å². The number of aryl methyl sites for hydroxylation is 1. The van der Waals surface area contributed by atoms with Crippen LogP contribution >= 0.6 is 30.3 Å². The average Bonchev–Trinajstić information content (AvgIpc) is 3.05. The number of nitrogens with zero attached hydrogens (tertiary/aromatic N) is 2. The second-order valence-electron chi connectivity index (χ2n) is 6.36. The maximum absolute atomic E-state index is 5.96. The molecule has 0 atom stereocenters. The first-order chi connectivity index (χ1) is 13.1. The van der Waals surface area contributed by atoms with E-state index in [4.69, 9.17) is 15.5 Å². The van der Waals surface area contributed by atoms with E-state index in [1.807, 2.05) is 30.5 Å². The fraction of sp³-hybridized carbons (Fsp3) is 0.0952. The van der Waals surface area contributed by atoms with E-state index in [2.05, 4.69) is 62.6 Å². The number of fused-ring (bicyclic) bond motifs is 1. The quantitative estimate of drug-likeness (QED) is 0.279. The number of nitrogen functional groups attached to an aromatic ring is 1. The molecule has 4 rings (SSSR count). The molecule has 0 fully saturated rings. The third-order valence-electron chi connectivity index (χ3n) is 4.55. The number of halogens is 1. The topological polar surface area (TPSA) is 53.1 Å². The van der Waals surface area contributed by atoms with Gasteiger partial charge in [0.25, 0.3) is 0 Å². The van der Waals surface area contributed by atoms with E-state index < -0.39 is 0 Å². The number of rotatable bonds is 4. The largest absolute Gasteiger partial charge is 0.496 e. The van der Waals surface area contributed by atoms with Gasteiger partial charge in [0.05, 0.1) is 7.11 Å². The van der Waals surface area contributed by atoms with E-state index in [1.54, 1.807) is 16.2 Å². The van der Waals surface area contributed by atoms with Gasteiger partial charge in [0, 0.05) is 70.5 Å². The zero-order valence-corrected chi connectivity index (χ0v) is 17.9. The molecule has 0 amide bonds. The lowest BCUT2D eigenvalue weighted by atomic mass is 10.00. The van der Waals surface area contributed by atoms with Crippen molar-refractivity contribution in [3.8, 4) is 28.0 Å². The monoisotopic (exact) mass is 487 g/mol. The predicted molar refractivity (Wildman–Crippen MR) is 123 cm³/mol. The Morgan fingerprint density at radius 3 is 2.67 bits per heavy atom. The van der Waals surface area contributed by atoms with Crippen molar-refractivity contribution in [1.82, 2.24) is 8.96 Å². The Kier molecular flexibility index (Phi) is 5.01. The Bertz CT molecular complexity index is 1140. The van der Waals surface area contributed by atoms with Crippen LogP contribution in [0.15, 0.2) is 60.9 Å². The number of ether oxygens (including phenoxy) is 1. The van der Waals surface area contributed by atoms with Gasteiger partial charge in [-0.2, -0.15) is 0 Å². The molecule has 2 aromatic carbocycles. The molecule has 0 spiro atoms. The fourth-order valence-electron chi connectivity index (χ4n) is 3.25. The van der Waals surface area contributed by atoms with Crippen molar-refractivity contribution in [2.45, 2.75) is 6.92 Å². The maximum atomic E-state index is 5.96. The highest BCUT2D eigenvalue weighted by atomic mass is 127. The van der Waals surface area contributed by atoms with Crippen LogP contribution in [-0.4, -0.2) is 16.1 Å². The van der Waals surface area contributed by atoms with Gasteiger partial charge in [-0.05, 0) is 42.8 Å². The van der Waals surface area contributed by atoms with Gasteiger partial charge in [0.15, 0.2) is 5.65 Å². The molecule has 136 valence electrons. The minimum absolute atomic E-state index is 0.744. The third-order valence-corrected chi connectivity index (χ3v) is 6.25. The smallest absolute Gasteiger partial charge is 0.151 e. The summed E-state index contributed by atoms with van der Waals surface area (Å²) in [5, 5.41) is 1.09. The molecule has 0 bridgehead atoms. The molecule has 0 aliphatic rings. The highest BCUT2D eigenvalue weighted by Gasteiger charge is 2.16. The molecule has 4 aromatic rings. The van der Waals surface area contributed by atoms with E-state index in [1.165, 1.54) is 5.56 Å². The Morgan fingerprint density at radius 2 is 1.93 bits per heavy atom. The molecular weight excluding hydrogens is 469 g/mol. The van der Waals surface area contributed by atoms with Crippen molar-refractivity contribution in [3.63, 3.8) is 0 Å². The normalized spacial score (nSPS) is 11.1. The molecule has 6 heteroatoms. The van der Waals surface area contributed by atoms with Gasteiger partial charge in [0.1, 0.15) is 5.75 Å². The first-order valence-electron chi connectivity index (χ1n) is 8.42. The van der Waals surface area contributed by atoms with Crippen molar-refractivity contribution in [1.29, 1.82) is 0 Å². The van der Waals surface area contributed by atoms with Gasteiger partial charge in [-0.15, -0.1) is 0 Å². The summed E-state index contributed by atoms with van der Waals surface area (Å²) in [6.07, 6.45) is 4.02. The van der Waals surface area contributed by atoms with Gasteiger partial charge in [-0.3, -0.25) is 3.97 Å². The van der Waals surface area contributed by atoms with Gasteiger partial charge >= 0.3 is 0 Å². The van der Waals surface area contributed by atoms with Crippen LogP contribution in [0, 0.1) is 6.92 Å². The average molecular weight is 487 g/mol. The molecule has 0 saturated heterocycles. The highest BCUT2D eigenvalue weighted by molar-refractivity contribution is 14.2. The molecule has 0 aliphatic carbocycles. The van der Waals surface area contributed by atoms with E-state index in [0.717, 1.165) is 44.7 Å². The molecule has 0 unspecified atom stereocenters. The lowest BCUT2D eigenvalue weighted by Gasteiger charge is -2.09. The van der Waals surface area contributed by atoms with Gasteiger partial charge in [0.2, 0.25) is 0 Å². The summed E-state index contributed by atoms with van der Waals surface area (Å²) in [5.41, 5.74) is 13.1. The highest BCUT2D eigenvalue weighted by Crippen LogP contribution is 2.40. The minimum atomic E-state index is 0.744. The van der Waals surface area contributed by atoms with E-state index in [-0.39, 0.29) is 0 Å². The number of nitrogens with two attached hydrogens (primary N) is 1. The molecule has 4 nitrogen and oxygen atoms in total. The Balaban J connectivity index is 1.98. The summed E-state index contributed by atoms with van der Waals surface area (Å²) in [4.78, 5) is 4.74. The van der Waals surface area contributed by atoms with Crippen LogP contribution in [0.25, 0.3) is 33.3 Å². The molecule has 0 radical (unpaired) electrons. The van der Waals surface area contributed by atoms with Crippen molar-refractivity contribution >= 4 is 47.0 Å². The SMILES string of the molecule is COc1ccc(C)cc1-c1cn(SI)c2ncc(-c3cccc(N)c3)cc12. The summed E-state index contributed by atoms with van der Waals surface area (Å²) in [5.74, 6) is 0.854. The Labute approximate surface area is 174 Å². The van der Waals surface area contributed by atoms with Crippen LogP contribution in [0.2, 0.25) is 0 Å². The number of pyridine rings is 1. The molecule has 2 N–H and O–H groups in total. The molecule has 2 aromatic heterocycles. The molecule has 27 heavy (non-hydrogen) atoms. The molecule has 0 aliphatic heterocycles. The van der Waals surface area contributed by atoms with Crippen molar-refractivity contribution in [3.05, 3.63) is 66.5 Å². The van der Waals surface area contributed by atoms with Crippen LogP contribution in [0.4, 0.5) is 5.69 Å². The van der Waals surface area contributed by atoms with Gasteiger partial charge in [-0.1, -0.05) is 23.8 Å². The summed E-state index contributed by atoms with van der Waals surface area (Å²) in [6, 6.07) is 16.3. The second-order valence-corrected chi connectivity index (χ2v) is 8.08. The Hall–Kier alpha value is -2.19. The lowest BCUT2D eigenvalue weighted by Crippen LogP contribution is -1.89. The van der Waals surface area contributed by atoms with Crippen LogP contribution < -0.4 is 10.5 Å². The zero-order chi connectivity index (χ0) is 19.0. The lowest BCUT2D eigenvalue weighted by molar-refractivity contribution is 0.416. The van der Waals surface area contributed by atoms with Crippen LogP contribution in [0.3, 0.4) is 0 Å². The van der Waals surface area contributed by atoms with Gasteiger partial charge in [-0.25, -0.2) is 4.98 Å². The standard InChI is InChI=1S/C21H18IN3OS/c1-13-6-7-20(26-2)17(8-13)19-12-25(27-22)21-18(19)10-15(11-24-21)14-4-3-5-16(23)9-14/h3-12H,23H2,1-2H3. The number of methoxy groups -OCH3 is 1. The summed E-state index contributed by atoms with van der Waals surface area (Å²) >= 11 is 2.28.